The smallest absolute Gasteiger partial charge is 0.337 e. The van der Waals surface area contributed by atoms with Crippen LogP contribution in [-0.2, 0) is 0 Å². The van der Waals surface area contributed by atoms with E-state index < -0.39 is 5.97 Å². The second kappa shape index (κ2) is 4.88. The van der Waals surface area contributed by atoms with E-state index in [-0.39, 0.29) is 5.56 Å². The summed E-state index contributed by atoms with van der Waals surface area (Å²) in [6.45, 7) is 6.10. The molecule has 1 aliphatic heterocycles. The second-order valence-corrected chi connectivity index (χ2v) is 5.20. The number of hydrogen-bond donors (Lipinski definition) is 2. The van der Waals surface area contributed by atoms with E-state index in [1.807, 2.05) is 13.0 Å². The molecule has 98 valence electrons. The van der Waals surface area contributed by atoms with Crippen molar-refractivity contribution in [3.63, 3.8) is 0 Å². The first kappa shape index (κ1) is 12.7. The average molecular weight is 248 g/mol. The van der Waals surface area contributed by atoms with Crippen molar-refractivity contribution in [1.29, 1.82) is 0 Å². The van der Waals surface area contributed by atoms with Crippen LogP contribution in [0.4, 0.5) is 11.4 Å². The standard InChI is InChI=1S/C14H20N2O2/c1-9-3-5-16(6-4-9)11-7-10(2)13(15)12(8-11)14(17)18/h7-9H,3-6,15H2,1-2H3,(H,17,18). The summed E-state index contributed by atoms with van der Waals surface area (Å²) in [6.07, 6.45) is 2.32. The Morgan fingerprint density at radius 3 is 2.56 bits per heavy atom. The van der Waals surface area contributed by atoms with Gasteiger partial charge < -0.3 is 15.7 Å². The number of rotatable bonds is 2. The van der Waals surface area contributed by atoms with Crippen LogP contribution in [0.2, 0.25) is 0 Å². The van der Waals surface area contributed by atoms with Crippen LogP contribution in [0, 0.1) is 12.8 Å². The molecule has 0 aliphatic carbocycles. The van der Waals surface area contributed by atoms with E-state index in [1.165, 1.54) is 0 Å². The van der Waals surface area contributed by atoms with Gasteiger partial charge in [-0.05, 0) is 43.4 Å². The normalized spacial score (nSPS) is 16.9. The third-order valence-electron chi connectivity index (χ3n) is 3.75. The third-order valence-corrected chi connectivity index (χ3v) is 3.75. The van der Waals surface area contributed by atoms with Crippen LogP contribution in [0.1, 0.15) is 35.7 Å². The zero-order chi connectivity index (χ0) is 13.3. The molecule has 0 amide bonds. The van der Waals surface area contributed by atoms with Crippen LogP contribution < -0.4 is 10.6 Å². The summed E-state index contributed by atoms with van der Waals surface area (Å²) in [5.41, 5.74) is 8.20. The maximum Gasteiger partial charge on any atom is 0.337 e. The molecule has 0 atom stereocenters. The first-order chi connectivity index (χ1) is 8.49. The van der Waals surface area contributed by atoms with Gasteiger partial charge in [0.1, 0.15) is 0 Å². The fourth-order valence-corrected chi connectivity index (χ4v) is 2.41. The first-order valence-corrected chi connectivity index (χ1v) is 6.37. The van der Waals surface area contributed by atoms with Crippen molar-refractivity contribution in [2.24, 2.45) is 5.92 Å². The molecule has 0 spiro atoms. The van der Waals surface area contributed by atoms with Crippen molar-refractivity contribution in [2.75, 3.05) is 23.7 Å². The molecule has 1 aromatic carbocycles. The Bertz CT molecular complexity index is 463. The predicted octanol–water partition coefficient (Wildman–Crippen LogP) is 2.51. The number of nitrogens with zero attached hydrogens (tertiary/aromatic N) is 1. The highest BCUT2D eigenvalue weighted by Crippen LogP contribution is 2.28. The summed E-state index contributed by atoms with van der Waals surface area (Å²) in [7, 11) is 0. The van der Waals surface area contributed by atoms with Crippen molar-refractivity contribution in [2.45, 2.75) is 26.7 Å². The van der Waals surface area contributed by atoms with Crippen LogP contribution in [0.25, 0.3) is 0 Å². The minimum Gasteiger partial charge on any atom is -0.478 e. The van der Waals surface area contributed by atoms with E-state index in [2.05, 4.69) is 11.8 Å². The predicted molar refractivity (Wildman–Crippen MR) is 73.2 cm³/mol. The van der Waals surface area contributed by atoms with Crippen molar-refractivity contribution >= 4 is 17.3 Å². The van der Waals surface area contributed by atoms with Gasteiger partial charge in [-0.1, -0.05) is 6.92 Å². The highest BCUT2D eigenvalue weighted by Gasteiger charge is 2.19. The number of nitrogen functional groups attached to an aromatic ring is 1. The van der Waals surface area contributed by atoms with Gasteiger partial charge in [0.05, 0.1) is 5.56 Å². The first-order valence-electron chi connectivity index (χ1n) is 6.37. The van der Waals surface area contributed by atoms with E-state index in [1.54, 1.807) is 6.07 Å². The molecular formula is C14H20N2O2. The molecule has 0 unspecified atom stereocenters. The van der Waals surface area contributed by atoms with Crippen molar-refractivity contribution in [3.05, 3.63) is 23.3 Å². The number of nitrogens with two attached hydrogens (primary N) is 1. The average Bonchev–Trinajstić information content (AvgIpc) is 2.33. The van der Waals surface area contributed by atoms with Crippen LogP contribution in [-0.4, -0.2) is 24.2 Å². The van der Waals surface area contributed by atoms with Gasteiger partial charge >= 0.3 is 5.97 Å². The van der Waals surface area contributed by atoms with E-state index in [0.717, 1.165) is 43.1 Å². The Balaban J connectivity index is 2.31. The largest absolute Gasteiger partial charge is 0.478 e. The molecule has 4 heteroatoms. The van der Waals surface area contributed by atoms with Gasteiger partial charge in [-0.3, -0.25) is 0 Å². The van der Waals surface area contributed by atoms with Gasteiger partial charge in [-0.15, -0.1) is 0 Å². The van der Waals surface area contributed by atoms with Crippen molar-refractivity contribution < 1.29 is 9.90 Å². The van der Waals surface area contributed by atoms with E-state index >= 15 is 0 Å². The van der Waals surface area contributed by atoms with Crippen LogP contribution in [0.15, 0.2) is 12.1 Å². The maximum atomic E-state index is 11.2. The van der Waals surface area contributed by atoms with Gasteiger partial charge in [0.15, 0.2) is 0 Å². The molecule has 1 saturated heterocycles. The zero-order valence-corrected chi connectivity index (χ0v) is 10.9. The zero-order valence-electron chi connectivity index (χ0n) is 10.9. The number of anilines is 2. The van der Waals surface area contributed by atoms with Gasteiger partial charge in [0, 0.05) is 24.5 Å². The summed E-state index contributed by atoms with van der Waals surface area (Å²) in [4.78, 5) is 13.4. The topological polar surface area (TPSA) is 66.6 Å². The van der Waals surface area contributed by atoms with Crippen LogP contribution in [0.3, 0.4) is 0 Å². The Morgan fingerprint density at radius 2 is 2.00 bits per heavy atom. The lowest BCUT2D eigenvalue weighted by Gasteiger charge is -2.32. The molecule has 4 nitrogen and oxygen atoms in total. The number of carboxylic acid groups (broad SMARTS) is 1. The number of hydrogen-bond acceptors (Lipinski definition) is 3. The fraction of sp³-hybridized carbons (Fsp3) is 0.500. The van der Waals surface area contributed by atoms with E-state index in [0.29, 0.717) is 5.69 Å². The van der Waals surface area contributed by atoms with Crippen LogP contribution in [0.5, 0.6) is 0 Å². The lowest BCUT2D eigenvalue weighted by atomic mass is 9.98. The second-order valence-electron chi connectivity index (χ2n) is 5.20. The summed E-state index contributed by atoms with van der Waals surface area (Å²) in [5, 5.41) is 9.16. The van der Waals surface area contributed by atoms with Gasteiger partial charge in [-0.2, -0.15) is 0 Å². The summed E-state index contributed by atoms with van der Waals surface area (Å²) in [6, 6.07) is 3.68. The van der Waals surface area contributed by atoms with E-state index in [9.17, 15) is 4.79 Å². The van der Waals surface area contributed by atoms with Crippen molar-refractivity contribution in [1.82, 2.24) is 0 Å². The number of benzene rings is 1. The Kier molecular flexibility index (Phi) is 3.45. The lowest BCUT2D eigenvalue weighted by molar-refractivity contribution is 0.0698. The SMILES string of the molecule is Cc1cc(N2CCC(C)CC2)cc(C(=O)O)c1N. The molecule has 0 aromatic heterocycles. The molecule has 0 bridgehead atoms. The number of aryl methyl sites for hydroxylation is 1. The van der Waals surface area contributed by atoms with Gasteiger partial charge in [-0.25, -0.2) is 4.79 Å². The minimum atomic E-state index is -0.956. The summed E-state index contributed by atoms with van der Waals surface area (Å²) < 4.78 is 0. The van der Waals surface area contributed by atoms with E-state index in [4.69, 9.17) is 10.8 Å². The molecule has 0 saturated carbocycles. The highest BCUT2D eigenvalue weighted by atomic mass is 16.4. The summed E-state index contributed by atoms with van der Waals surface area (Å²) >= 11 is 0. The minimum absolute atomic E-state index is 0.212. The lowest BCUT2D eigenvalue weighted by Crippen LogP contribution is -2.33. The third kappa shape index (κ3) is 2.42. The summed E-state index contributed by atoms with van der Waals surface area (Å²) in [5.74, 6) is -0.196. The molecule has 18 heavy (non-hydrogen) atoms. The molecule has 1 aromatic rings. The quantitative estimate of drug-likeness (QED) is 0.789. The molecule has 1 aliphatic rings. The number of carbonyl (C=O) groups is 1. The Morgan fingerprint density at radius 1 is 1.39 bits per heavy atom. The number of carboxylic acids is 1. The molecular weight excluding hydrogens is 228 g/mol. The molecule has 3 N–H and O–H groups in total. The Hall–Kier alpha value is -1.71. The maximum absolute atomic E-state index is 11.2. The highest BCUT2D eigenvalue weighted by molar-refractivity contribution is 5.95. The van der Waals surface area contributed by atoms with Gasteiger partial charge in [0.2, 0.25) is 0 Å². The Labute approximate surface area is 107 Å². The monoisotopic (exact) mass is 248 g/mol. The molecule has 1 fully saturated rings. The van der Waals surface area contributed by atoms with Crippen molar-refractivity contribution in [3.8, 4) is 0 Å². The molecule has 2 rings (SSSR count). The van der Waals surface area contributed by atoms with Gasteiger partial charge in [0.25, 0.3) is 0 Å². The molecule has 0 radical (unpaired) electrons. The molecule has 1 heterocycles. The number of piperidine rings is 1. The number of aromatic carboxylic acids is 1. The van der Waals surface area contributed by atoms with Crippen LogP contribution >= 0.6 is 0 Å². The fourth-order valence-electron chi connectivity index (χ4n) is 2.41.